The zero-order valence-corrected chi connectivity index (χ0v) is 29.0. The summed E-state index contributed by atoms with van der Waals surface area (Å²) in [6.07, 6.45) is 7.30. The number of methoxy groups -OCH3 is 1. The molecule has 49 heavy (non-hydrogen) atoms. The average molecular weight is 662 g/mol. The summed E-state index contributed by atoms with van der Waals surface area (Å²) >= 11 is 0. The lowest BCUT2D eigenvalue weighted by atomic mass is 9.89. The molecule has 256 valence electrons. The summed E-state index contributed by atoms with van der Waals surface area (Å²) in [4.78, 5) is 43.1. The van der Waals surface area contributed by atoms with Crippen molar-refractivity contribution in [1.29, 1.82) is 0 Å². The predicted molar refractivity (Wildman–Crippen MR) is 193 cm³/mol. The third-order valence-corrected chi connectivity index (χ3v) is 10.1. The molecule has 2 amide bonds. The van der Waals surface area contributed by atoms with Crippen molar-refractivity contribution in [1.82, 2.24) is 35.5 Å². The summed E-state index contributed by atoms with van der Waals surface area (Å²) in [5.74, 6) is 2.35. The topological polar surface area (TPSA) is 128 Å². The van der Waals surface area contributed by atoms with Gasteiger partial charge in [-0.15, -0.1) is 0 Å². The highest BCUT2D eigenvalue weighted by atomic mass is 16.5. The lowest BCUT2D eigenvalue weighted by molar-refractivity contribution is -0.130. The molecule has 3 aromatic carbocycles. The molecule has 2 fully saturated rings. The molecule has 5 aromatic rings. The minimum Gasteiger partial charge on any atom is -0.453 e. The Bertz CT molecular complexity index is 2000. The maximum Gasteiger partial charge on any atom is 0.407 e. The number of aromatic amines is 2. The number of hydrogen-bond donors (Lipinski definition) is 4. The molecule has 8 rings (SSSR count). The number of imidazole rings is 2. The van der Waals surface area contributed by atoms with E-state index in [4.69, 9.17) is 9.97 Å². The molecule has 3 heterocycles. The van der Waals surface area contributed by atoms with Crippen LogP contribution >= 0.6 is 0 Å². The van der Waals surface area contributed by atoms with Crippen molar-refractivity contribution < 1.29 is 14.3 Å². The van der Waals surface area contributed by atoms with E-state index in [9.17, 15) is 9.59 Å². The number of carbonyl (C=O) groups is 2. The van der Waals surface area contributed by atoms with E-state index < -0.39 is 6.09 Å². The van der Waals surface area contributed by atoms with Gasteiger partial charge in [0.25, 0.3) is 0 Å². The van der Waals surface area contributed by atoms with Crippen LogP contribution in [0.1, 0.15) is 81.8 Å². The van der Waals surface area contributed by atoms with Gasteiger partial charge >= 0.3 is 6.09 Å². The van der Waals surface area contributed by atoms with Crippen molar-refractivity contribution in [3.63, 3.8) is 0 Å². The molecule has 2 aliphatic carbocycles. The van der Waals surface area contributed by atoms with Crippen LogP contribution in [-0.2, 0) is 28.9 Å². The number of rotatable bonds is 8. The summed E-state index contributed by atoms with van der Waals surface area (Å²) in [7, 11) is 1.28. The molecular formula is C39H47N7O3. The number of nitrogens with one attached hydrogen (secondary N) is 4. The first-order chi connectivity index (χ1) is 23.9. The summed E-state index contributed by atoms with van der Waals surface area (Å²) in [5.41, 5.74) is 9.18. The van der Waals surface area contributed by atoms with Gasteiger partial charge in [-0.3, -0.25) is 4.79 Å². The number of fused-ring (bicyclic) bond motifs is 8. The van der Waals surface area contributed by atoms with Crippen LogP contribution in [0.5, 0.6) is 0 Å². The molecule has 4 N–H and O–H groups in total. The molecule has 2 bridgehead atoms. The first-order valence-electron chi connectivity index (χ1n) is 17.9. The van der Waals surface area contributed by atoms with Crippen molar-refractivity contribution in [2.45, 2.75) is 84.3 Å². The molecule has 2 aromatic heterocycles. The summed E-state index contributed by atoms with van der Waals surface area (Å²) < 4.78 is 4.59. The fraction of sp³-hybridized carbons (Fsp3) is 0.436. The fourth-order valence-corrected chi connectivity index (χ4v) is 7.80. The normalized spacial score (nSPS) is 18.9. The van der Waals surface area contributed by atoms with Crippen LogP contribution < -0.4 is 10.6 Å². The summed E-state index contributed by atoms with van der Waals surface area (Å²) in [5, 5.41) is 8.44. The average Bonchev–Trinajstić information content (AvgIpc) is 3.93. The van der Waals surface area contributed by atoms with E-state index in [-0.39, 0.29) is 12.5 Å². The first kappa shape index (κ1) is 32.8. The summed E-state index contributed by atoms with van der Waals surface area (Å²) in [6, 6.07) is 18.6. The van der Waals surface area contributed by atoms with Gasteiger partial charge in [0, 0.05) is 29.2 Å². The zero-order valence-electron chi connectivity index (χ0n) is 29.0. The highest BCUT2D eigenvalue weighted by molar-refractivity contribution is 6.05. The number of hydrogen-bond acceptors (Lipinski definition) is 6. The predicted octanol–water partition coefficient (Wildman–Crippen LogP) is 7.20. The standard InChI is InChI=1S/C36H39N7O3.C3H8/c1-3-14-43(31(44)18-37-36(45)46-2)19-30-39-28-12-7-22-15-20(5-10-26(22)33(28)41-30)21-6-11-27-23(16-21)8-13-29-34(27)42-35(40-29)32-24-4-9-25(17-24)38-32;1-3-2/h5-7,10-12,15-16,24-25,32,38H,3-4,8-9,13-14,17-19H2,1-2H3,(H,37,45)(H,39,41)(H,40,42);3H2,1-2H3. The van der Waals surface area contributed by atoms with Gasteiger partial charge in [0.15, 0.2) is 0 Å². The van der Waals surface area contributed by atoms with E-state index in [2.05, 4.69) is 87.7 Å². The number of piperidine rings is 1. The van der Waals surface area contributed by atoms with Crippen molar-refractivity contribution in [3.8, 4) is 22.4 Å². The number of carbonyl (C=O) groups excluding carboxylic acids is 2. The van der Waals surface area contributed by atoms with E-state index in [1.807, 2.05) is 6.92 Å². The first-order valence-corrected chi connectivity index (χ1v) is 17.9. The quantitative estimate of drug-likeness (QED) is 0.139. The van der Waals surface area contributed by atoms with Crippen molar-refractivity contribution in [2.75, 3.05) is 20.2 Å². The van der Waals surface area contributed by atoms with E-state index >= 15 is 0 Å². The van der Waals surface area contributed by atoms with Crippen molar-refractivity contribution >= 4 is 33.8 Å². The molecule has 1 saturated heterocycles. The number of aromatic nitrogens is 4. The second-order valence-electron chi connectivity index (χ2n) is 13.7. The van der Waals surface area contributed by atoms with Gasteiger partial charge in [0.05, 0.1) is 36.4 Å². The number of H-pyrrole nitrogens is 2. The fourth-order valence-electron chi connectivity index (χ4n) is 7.80. The van der Waals surface area contributed by atoms with E-state index in [0.29, 0.717) is 36.9 Å². The second kappa shape index (κ2) is 14.0. The van der Waals surface area contributed by atoms with Crippen LogP contribution in [0.15, 0.2) is 48.5 Å². The molecule has 10 nitrogen and oxygen atoms in total. The Morgan fingerprint density at radius 1 is 0.980 bits per heavy atom. The maximum atomic E-state index is 12.8. The SMILES string of the molecule is CCC.CCCN(Cc1nc2c(ccc3cc(-c4ccc5c(c4)CCc4[nH]c(C6NC7CCC6C7)nc4-5)ccc32)[nH]1)C(=O)CNC(=O)OC. The van der Waals surface area contributed by atoms with E-state index in [1.165, 1.54) is 60.7 Å². The minimum atomic E-state index is -0.626. The molecule has 3 unspecified atom stereocenters. The van der Waals surface area contributed by atoms with Crippen molar-refractivity contribution in [2.24, 2.45) is 5.92 Å². The number of alkyl carbamates (subject to hydrolysis) is 1. The Morgan fingerprint density at radius 2 is 1.80 bits per heavy atom. The molecule has 1 aliphatic heterocycles. The number of benzene rings is 3. The maximum absolute atomic E-state index is 12.8. The smallest absolute Gasteiger partial charge is 0.407 e. The van der Waals surface area contributed by atoms with Gasteiger partial charge in [-0.2, -0.15) is 0 Å². The lowest BCUT2D eigenvalue weighted by Gasteiger charge is -2.21. The number of aryl methyl sites for hydroxylation is 2. The molecule has 0 radical (unpaired) electrons. The molecule has 3 aliphatic rings. The Kier molecular flexibility index (Phi) is 9.40. The molecule has 0 spiro atoms. The van der Waals surface area contributed by atoms with Crippen LogP contribution in [0.2, 0.25) is 0 Å². The van der Waals surface area contributed by atoms with Gasteiger partial charge in [-0.1, -0.05) is 63.6 Å². The Hall–Kier alpha value is -4.70. The van der Waals surface area contributed by atoms with Gasteiger partial charge in [-0.25, -0.2) is 14.8 Å². The summed E-state index contributed by atoms with van der Waals surface area (Å²) in [6.45, 7) is 7.04. The molecular weight excluding hydrogens is 614 g/mol. The van der Waals surface area contributed by atoms with Crippen LogP contribution in [0.25, 0.3) is 44.2 Å². The second-order valence-corrected chi connectivity index (χ2v) is 13.7. The number of ether oxygens (including phenoxy) is 1. The van der Waals surface area contributed by atoms with Crippen LogP contribution in [0, 0.1) is 5.92 Å². The Balaban J connectivity index is 0.00000122. The highest BCUT2D eigenvalue weighted by Gasteiger charge is 2.41. The third-order valence-electron chi connectivity index (χ3n) is 10.1. The van der Waals surface area contributed by atoms with Crippen LogP contribution in [0.4, 0.5) is 4.79 Å². The van der Waals surface area contributed by atoms with Gasteiger partial charge in [-0.05, 0) is 78.7 Å². The minimum absolute atomic E-state index is 0.121. The molecule has 3 atom stereocenters. The Labute approximate surface area is 287 Å². The molecule has 1 saturated carbocycles. The highest BCUT2D eigenvalue weighted by Crippen LogP contribution is 2.44. The van der Waals surface area contributed by atoms with Crippen LogP contribution in [-0.4, -0.2) is 63.1 Å². The Morgan fingerprint density at radius 3 is 2.55 bits per heavy atom. The number of nitrogens with zero attached hydrogens (tertiary/aromatic N) is 3. The zero-order chi connectivity index (χ0) is 34.1. The van der Waals surface area contributed by atoms with E-state index in [0.717, 1.165) is 52.6 Å². The number of amides is 2. The monoisotopic (exact) mass is 661 g/mol. The van der Waals surface area contributed by atoms with Gasteiger partial charge < -0.3 is 30.2 Å². The largest absolute Gasteiger partial charge is 0.453 e. The van der Waals surface area contributed by atoms with E-state index in [1.54, 1.807) is 4.90 Å². The lowest BCUT2D eigenvalue weighted by Crippen LogP contribution is -2.40. The van der Waals surface area contributed by atoms with Crippen molar-refractivity contribution in [3.05, 3.63) is 71.4 Å². The van der Waals surface area contributed by atoms with Crippen LogP contribution in [0.3, 0.4) is 0 Å². The van der Waals surface area contributed by atoms with Gasteiger partial charge in [0.1, 0.15) is 18.2 Å². The molecule has 10 heteroatoms. The van der Waals surface area contributed by atoms with Gasteiger partial charge in [0.2, 0.25) is 5.91 Å². The third kappa shape index (κ3) is 6.54.